The number of hydrogen-bond acceptors (Lipinski definition) is 3. The number of aryl methyl sites for hydroxylation is 1. The van der Waals surface area contributed by atoms with Gasteiger partial charge in [-0.1, -0.05) is 22.9 Å². The van der Waals surface area contributed by atoms with Gasteiger partial charge in [0.1, 0.15) is 0 Å². The fourth-order valence-electron chi connectivity index (χ4n) is 1.28. The minimum Gasteiger partial charge on any atom is -0.476 e. The van der Waals surface area contributed by atoms with Gasteiger partial charge in [-0.05, 0) is 24.6 Å². The summed E-state index contributed by atoms with van der Waals surface area (Å²) in [6.45, 7) is 1.91. The van der Waals surface area contributed by atoms with Crippen LogP contribution in [-0.4, -0.2) is 26.1 Å². The summed E-state index contributed by atoms with van der Waals surface area (Å²) in [5.74, 6) is -1.12. The van der Waals surface area contributed by atoms with Gasteiger partial charge in [-0.15, -0.1) is 5.10 Å². The number of aromatic nitrogens is 3. The smallest absolute Gasteiger partial charge is 0.358 e. The molecule has 0 aliphatic rings. The normalized spacial score (nSPS) is 10.4. The maximum absolute atomic E-state index is 10.6. The molecule has 1 aromatic carbocycles. The summed E-state index contributed by atoms with van der Waals surface area (Å²) < 4.78 is 1.35. The molecule has 6 heteroatoms. The minimum atomic E-state index is -1.12. The zero-order valence-corrected chi connectivity index (χ0v) is 9.14. The number of hydrogen-bond donors (Lipinski definition) is 1. The third kappa shape index (κ3) is 1.90. The molecule has 1 N–H and O–H groups in total. The van der Waals surface area contributed by atoms with Gasteiger partial charge < -0.3 is 5.11 Å². The molecule has 0 radical (unpaired) electrons. The van der Waals surface area contributed by atoms with Crippen molar-refractivity contribution in [3.8, 4) is 5.69 Å². The van der Waals surface area contributed by atoms with Crippen LogP contribution in [0, 0.1) is 6.92 Å². The standard InChI is InChI=1S/C10H8ClN3O2/c1-6-2-3-7(11)9(4-6)14-5-8(10(15)16)12-13-14/h2-5H,1H3,(H,15,16). The van der Waals surface area contributed by atoms with Crippen molar-refractivity contribution in [2.45, 2.75) is 6.92 Å². The van der Waals surface area contributed by atoms with Gasteiger partial charge >= 0.3 is 5.97 Å². The van der Waals surface area contributed by atoms with Crippen molar-refractivity contribution >= 4 is 17.6 Å². The largest absolute Gasteiger partial charge is 0.476 e. The molecule has 1 heterocycles. The number of nitrogens with zero attached hydrogens (tertiary/aromatic N) is 3. The molecule has 2 aromatic rings. The topological polar surface area (TPSA) is 68.0 Å². The van der Waals surface area contributed by atoms with Gasteiger partial charge in [0.15, 0.2) is 5.69 Å². The van der Waals surface area contributed by atoms with Crippen molar-refractivity contribution in [3.63, 3.8) is 0 Å². The lowest BCUT2D eigenvalue weighted by molar-refractivity contribution is 0.0690. The lowest BCUT2D eigenvalue weighted by Crippen LogP contribution is -1.97. The summed E-state index contributed by atoms with van der Waals surface area (Å²) in [6.07, 6.45) is 1.32. The Labute approximate surface area is 96.3 Å². The average Bonchev–Trinajstić information content (AvgIpc) is 2.70. The van der Waals surface area contributed by atoms with Crippen LogP contribution in [0.25, 0.3) is 5.69 Å². The number of aromatic carboxylic acids is 1. The first-order valence-electron chi connectivity index (χ1n) is 4.50. The molecule has 0 aliphatic carbocycles. The second-order valence-corrected chi connectivity index (χ2v) is 3.72. The Hall–Kier alpha value is -1.88. The van der Waals surface area contributed by atoms with Gasteiger partial charge in [0.25, 0.3) is 0 Å². The summed E-state index contributed by atoms with van der Waals surface area (Å²) in [5.41, 5.74) is 1.51. The van der Waals surface area contributed by atoms with Crippen molar-refractivity contribution in [2.24, 2.45) is 0 Å². The van der Waals surface area contributed by atoms with Crippen molar-refractivity contribution in [1.29, 1.82) is 0 Å². The molecule has 2 rings (SSSR count). The second-order valence-electron chi connectivity index (χ2n) is 3.31. The Bertz CT molecular complexity index is 551. The zero-order valence-electron chi connectivity index (χ0n) is 8.38. The lowest BCUT2D eigenvalue weighted by atomic mass is 10.2. The fraction of sp³-hybridized carbons (Fsp3) is 0.100. The third-order valence-corrected chi connectivity index (χ3v) is 2.38. The van der Waals surface area contributed by atoms with Gasteiger partial charge in [-0.2, -0.15) is 0 Å². The molecule has 16 heavy (non-hydrogen) atoms. The van der Waals surface area contributed by atoms with Crippen molar-refractivity contribution in [2.75, 3.05) is 0 Å². The van der Waals surface area contributed by atoms with Crippen LogP contribution in [0.1, 0.15) is 16.1 Å². The lowest BCUT2D eigenvalue weighted by Gasteiger charge is -2.03. The Morgan fingerprint density at radius 1 is 1.50 bits per heavy atom. The molecule has 0 fully saturated rings. The molecule has 5 nitrogen and oxygen atoms in total. The van der Waals surface area contributed by atoms with Gasteiger partial charge in [-0.3, -0.25) is 0 Å². The number of benzene rings is 1. The second kappa shape index (κ2) is 3.94. The average molecular weight is 238 g/mol. The first kappa shape index (κ1) is 10.6. The van der Waals surface area contributed by atoms with Gasteiger partial charge in [-0.25, -0.2) is 9.48 Å². The molecule has 0 saturated carbocycles. The van der Waals surface area contributed by atoms with Crippen LogP contribution in [0.3, 0.4) is 0 Å². The van der Waals surface area contributed by atoms with E-state index in [0.717, 1.165) is 5.56 Å². The van der Waals surface area contributed by atoms with E-state index < -0.39 is 5.97 Å². The van der Waals surface area contributed by atoms with Crippen LogP contribution in [0.5, 0.6) is 0 Å². The maximum Gasteiger partial charge on any atom is 0.358 e. The van der Waals surface area contributed by atoms with Crippen molar-refractivity contribution < 1.29 is 9.90 Å². The highest BCUT2D eigenvalue weighted by atomic mass is 35.5. The van der Waals surface area contributed by atoms with E-state index in [1.165, 1.54) is 10.9 Å². The highest BCUT2D eigenvalue weighted by molar-refractivity contribution is 6.32. The molecule has 0 spiro atoms. The van der Waals surface area contributed by atoms with Crippen LogP contribution in [-0.2, 0) is 0 Å². The van der Waals surface area contributed by atoms with Gasteiger partial charge in [0.2, 0.25) is 0 Å². The Kier molecular flexibility index (Phi) is 2.62. The van der Waals surface area contributed by atoms with E-state index in [1.807, 2.05) is 19.1 Å². The Morgan fingerprint density at radius 3 is 2.88 bits per heavy atom. The summed E-state index contributed by atoms with van der Waals surface area (Å²) in [6, 6.07) is 5.40. The molecule has 0 unspecified atom stereocenters. The highest BCUT2D eigenvalue weighted by Crippen LogP contribution is 2.20. The Morgan fingerprint density at radius 2 is 2.25 bits per heavy atom. The van der Waals surface area contributed by atoms with E-state index in [0.29, 0.717) is 10.7 Å². The van der Waals surface area contributed by atoms with Gasteiger partial charge in [0, 0.05) is 0 Å². The van der Waals surface area contributed by atoms with E-state index in [2.05, 4.69) is 10.3 Å². The molecule has 82 valence electrons. The van der Waals surface area contributed by atoms with Crippen LogP contribution in [0.15, 0.2) is 24.4 Å². The Balaban J connectivity index is 2.50. The van der Waals surface area contributed by atoms with Crippen molar-refractivity contribution in [3.05, 3.63) is 40.7 Å². The molecular weight excluding hydrogens is 230 g/mol. The molecule has 1 aromatic heterocycles. The summed E-state index contributed by atoms with van der Waals surface area (Å²) in [4.78, 5) is 10.6. The number of carboxylic acids is 1. The van der Waals surface area contributed by atoms with E-state index >= 15 is 0 Å². The van der Waals surface area contributed by atoms with E-state index in [-0.39, 0.29) is 5.69 Å². The van der Waals surface area contributed by atoms with Crippen LogP contribution < -0.4 is 0 Å². The predicted octanol–water partition coefficient (Wildman–Crippen LogP) is 1.93. The van der Waals surface area contributed by atoms with Crippen LogP contribution >= 0.6 is 11.6 Å². The summed E-state index contributed by atoms with van der Waals surface area (Å²) >= 11 is 5.98. The van der Waals surface area contributed by atoms with Crippen molar-refractivity contribution in [1.82, 2.24) is 15.0 Å². The molecule has 0 bridgehead atoms. The van der Waals surface area contributed by atoms with E-state index in [4.69, 9.17) is 16.7 Å². The van der Waals surface area contributed by atoms with E-state index in [9.17, 15) is 4.79 Å². The third-order valence-electron chi connectivity index (χ3n) is 2.06. The molecular formula is C10H8ClN3O2. The molecule has 0 amide bonds. The van der Waals surface area contributed by atoms with E-state index in [1.54, 1.807) is 6.07 Å². The first-order chi connectivity index (χ1) is 7.58. The molecule has 0 atom stereocenters. The minimum absolute atomic E-state index is 0.113. The van der Waals surface area contributed by atoms with Gasteiger partial charge in [0.05, 0.1) is 16.9 Å². The zero-order chi connectivity index (χ0) is 11.7. The number of carbonyl (C=O) groups is 1. The quantitative estimate of drug-likeness (QED) is 0.867. The highest BCUT2D eigenvalue weighted by Gasteiger charge is 2.11. The first-order valence-corrected chi connectivity index (χ1v) is 4.88. The predicted molar refractivity (Wildman–Crippen MR) is 58.1 cm³/mol. The van der Waals surface area contributed by atoms with Crippen LogP contribution in [0.2, 0.25) is 5.02 Å². The maximum atomic E-state index is 10.6. The number of rotatable bonds is 2. The number of carboxylic acid groups (broad SMARTS) is 1. The SMILES string of the molecule is Cc1ccc(Cl)c(-n2cc(C(=O)O)nn2)c1. The fourth-order valence-corrected chi connectivity index (χ4v) is 1.48. The summed E-state index contributed by atoms with van der Waals surface area (Å²) in [7, 11) is 0. The molecule has 0 aliphatic heterocycles. The number of halogens is 1. The monoisotopic (exact) mass is 237 g/mol. The summed E-state index contributed by atoms with van der Waals surface area (Å²) in [5, 5.41) is 16.4. The van der Waals surface area contributed by atoms with Crippen LogP contribution in [0.4, 0.5) is 0 Å². The molecule has 0 saturated heterocycles.